The number of hydrogen-bond acceptors (Lipinski definition) is 2. The van der Waals surface area contributed by atoms with Gasteiger partial charge in [0.15, 0.2) is 0 Å². The first kappa shape index (κ1) is 13.6. The average Bonchev–Trinajstić information content (AvgIpc) is 2.41. The van der Waals surface area contributed by atoms with Gasteiger partial charge in [-0.2, -0.15) is 0 Å². The zero-order chi connectivity index (χ0) is 13.8. The molecule has 0 bridgehead atoms. The van der Waals surface area contributed by atoms with E-state index in [9.17, 15) is 4.39 Å². The second-order valence-electron chi connectivity index (χ2n) is 4.62. The highest BCUT2D eigenvalue weighted by molar-refractivity contribution is 5.38. The highest BCUT2D eigenvalue weighted by Crippen LogP contribution is 2.22. The van der Waals surface area contributed by atoms with Crippen LogP contribution in [0.3, 0.4) is 0 Å². The lowest BCUT2D eigenvalue weighted by molar-refractivity contribution is 0.297. The van der Waals surface area contributed by atoms with E-state index < -0.39 is 0 Å². The quantitative estimate of drug-likeness (QED) is 0.912. The van der Waals surface area contributed by atoms with Crippen molar-refractivity contribution in [2.45, 2.75) is 27.0 Å². The zero-order valence-corrected chi connectivity index (χ0v) is 11.2. The minimum absolute atomic E-state index is 0.223. The molecule has 0 atom stereocenters. The highest BCUT2D eigenvalue weighted by atomic mass is 19.1. The Kier molecular flexibility index (Phi) is 4.17. The van der Waals surface area contributed by atoms with Gasteiger partial charge in [0, 0.05) is 12.1 Å². The molecular weight excluding hydrogens is 241 g/mol. The summed E-state index contributed by atoms with van der Waals surface area (Å²) in [6.07, 6.45) is 0. The first-order valence-electron chi connectivity index (χ1n) is 6.28. The lowest BCUT2D eigenvalue weighted by Crippen LogP contribution is -2.03. The summed E-state index contributed by atoms with van der Waals surface area (Å²) in [7, 11) is 0. The van der Waals surface area contributed by atoms with E-state index in [2.05, 4.69) is 0 Å². The molecule has 0 heterocycles. The van der Waals surface area contributed by atoms with Crippen molar-refractivity contribution in [1.82, 2.24) is 0 Å². The third kappa shape index (κ3) is 3.12. The lowest BCUT2D eigenvalue weighted by Gasteiger charge is -2.11. The van der Waals surface area contributed by atoms with Crippen LogP contribution in [0.4, 0.5) is 4.39 Å². The van der Waals surface area contributed by atoms with Gasteiger partial charge in [0.05, 0.1) is 0 Å². The topological polar surface area (TPSA) is 35.2 Å². The van der Waals surface area contributed by atoms with Crippen molar-refractivity contribution in [3.8, 4) is 5.75 Å². The Morgan fingerprint density at radius 3 is 2.63 bits per heavy atom. The standard InChI is InChI=1S/C16H18FNO/c1-11-4-3-5-16(12(11)2)19-10-14-7-6-13(9-18)8-15(14)17/h3-8H,9-10,18H2,1-2H3. The molecule has 2 nitrogen and oxygen atoms in total. The molecule has 100 valence electrons. The molecule has 2 N–H and O–H groups in total. The van der Waals surface area contributed by atoms with Crippen molar-refractivity contribution in [3.63, 3.8) is 0 Å². The summed E-state index contributed by atoms with van der Waals surface area (Å²) in [4.78, 5) is 0. The second-order valence-corrected chi connectivity index (χ2v) is 4.62. The summed E-state index contributed by atoms with van der Waals surface area (Å²) in [5, 5.41) is 0. The molecule has 0 aliphatic heterocycles. The molecule has 0 aromatic heterocycles. The van der Waals surface area contributed by atoms with E-state index in [1.165, 1.54) is 6.07 Å². The maximum Gasteiger partial charge on any atom is 0.130 e. The predicted molar refractivity (Wildman–Crippen MR) is 74.5 cm³/mol. The predicted octanol–water partition coefficient (Wildman–Crippen LogP) is 3.48. The largest absolute Gasteiger partial charge is 0.489 e. The number of ether oxygens (including phenoxy) is 1. The number of hydrogen-bond donors (Lipinski definition) is 1. The van der Waals surface area contributed by atoms with Gasteiger partial charge in [-0.3, -0.25) is 0 Å². The van der Waals surface area contributed by atoms with Crippen molar-refractivity contribution in [2.24, 2.45) is 5.73 Å². The van der Waals surface area contributed by atoms with Crippen LogP contribution in [0, 0.1) is 19.7 Å². The fraction of sp³-hybridized carbons (Fsp3) is 0.250. The molecule has 2 aromatic rings. The highest BCUT2D eigenvalue weighted by Gasteiger charge is 2.06. The van der Waals surface area contributed by atoms with Crippen molar-refractivity contribution < 1.29 is 9.13 Å². The van der Waals surface area contributed by atoms with E-state index in [0.29, 0.717) is 12.1 Å². The summed E-state index contributed by atoms with van der Waals surface area (Å²) in [5.41, 5.74) is 9.05. The zero-order valence-electron chi connectivity index (χ0n) is 11.2. The average molecular weight is 259 g/mol. The molecule has 0 aliphatic rings. The maximum atomic E-state index is 13.8. The van der Waals surface area contributed by atoms with Gasteiger partial charge in [0.2, 0.25) is 0 Å². The van der Waals surface area contributed by atoms with Crippen LogP contribution < -0.4 is 10.5 Å². The number of rotatable bonds is 4. The Morgan fingerprint density at radius 2 is 1.95 bits per heavy atom. The smallest absolute Gasteiger partial charge is 0.130 e. The van der Waals surface area contributed by atoms with Gasteiger partial charge in [-0.25, -0.2) is 4.39 Å². The van der Waals surface area contributed by atoms with Crippen molar-refractivity contribution in [1.29, 1.82) is 0 Å². The molecule has 0 fully saturated rings. The van der Waals surface area contributed by atoms with Gasteiger partial charge < -0.3 is 10.5 Å². The molecular formula is C16H18FNO. The molecule has 0 unspecified atom stereocenters. The van der Waals surface area contributed by atoms with Crippen LogP contribution >= 0.6 is 0 Å². The van der Waals surface area contributed by atoms with Crippen molar-refractivity contribution in [3.05, 3.63) is 64.5 Å². The fourth-order valence-electron chi connectivity index (χ4n) is 1.87. The summed E-state index contributed by atoms with van der Waals surface area (Å²) in [6.45, 7) is 4.59. The molecule has 0 spiro atoms. The van der Waals surface area contributed by atoms with E-state index in [0.717, 1.165) is 22.4 Å². The Bertz CT molecular complexity index is 581. The number of benzene rings is 2. The summed E-state index contributed by atoms with van der Waals surface area (Å²) in [5.74, 6) is 0.524. The Labute approximate surface area is 113 Å². The first-order valence-corrected chi connectivity index (χ1v) is 6.28. The van der Waals surface area contributed by atoms with Crippen LogP contribution in [0.15, 0.2) is 36.4 Å². The number of halogens is 1. The van der Waals surface area contributed by atoms with Crippen LogP contribution in [0.25, 0.3) is 0 Å². The Balaban J connectivity index is 2.12. The minimum atomic E-state index is -0.270. The minimum Gasteiger partial charge on any atom is -0.489 e. The second kappa shape index (κ2) is 5.85. The van der Waals surface area contributed by atoms with E-state index >= 15 is 0 Å². The molecule has 19 heavy (non-hydrogen) atoms. The van der Waals surface area contributed by atoms with Gasteiger partial charge in [-0.15, -0.1) is 0 Å². The fourth-order valence-corrected chi connectivity index (χ4v) is 1.87. The lowest BCUT2D eigenvalue weighted by atomic mass is 10.1. The number of nitrogens with two attached hydrogens (primary N) is 1. The third-order valence-electron chi connectivity index (χ3n) is 3.29. The molecule has 0 saturated carbocycles. The van der Waals surface area contributed by atoms with E-state index in [1.54, 1.807) is 6.07 Å². The van der Waals surface area contributed by atoms with Gasteiger partial charge >= 0.3 is 0 Å². The van der Waals surface area contributed by atoms with Crippen molar-refractivity contribution in [2.75, 3.05) is 0 Å². The van der Waals surface area contributed by atoms with Crippen LogP contribution in [-0.2, 0) is 13.2 Å². The molecule has 2 rings (SSSR count). The van der Waals surface area contributed by atoms with Gasteiger partial charge in [-0.05, 0) is 42.7 Å². The molecule has 0 radical (unpaired) electrons. The first-order chi connectivity index (χ1) is 9.11. The van der Waals surface area contributed by atoms with Crippen LogP contribution in [-0.4, -0.2) is 0 Å². The van der Waals surface area contributed by atoms with Crippen LogP contribution in [0.2, 0.25) is 0 Å². The normalized spacial score (nSPS) is 10.5. The Hall–Kier alpha value is -1.87. The molecule has 0 amide bonds. The van der Waals surface area contributed by atoms with E-state index in [4.69, 9.17) is 10.5 Å². The number of aryl methyl sites for hydroxylation is 1. The summed E-state index contributed by atoms with van der Waals surface area (Å²) in [6, 6.07) is 10.9. The molecule has 2 aromatic carbocycles. The SMILES string of the molecule is Cc1cccc(OCc2ccc(CN)cc2F)c1C. The van der Waals surface area contributed by atoms with E-state index in [1.807, 2.05) is 38.1 Å². The van der Waals surface area contributed by atoms with Gasteiger partial charge in [-0.1, -0.05) is 24.3 Å². The molecule has 0 saturated heterocycles. The maximum absolute atomic E-state index is 13.8. The van der Waals surface area contributed by atoms with Gasteiger partial charge in [0.25, 0.3) is 0 Å². The van der Waals surface area contributed by atoms with Crippen LogP contribution in [0.1, 0.15) is 22.3 Å². The Morgan fingerprint density at radius 1 is 1.16 bits per heavy atom. The summed E-state index contributed by atoms with van der Waals surface area (Å²) < 4.78 is 19.5. The third-order valence-corrected chi connectivity index (χ3v) is 3.29. The molecule has 0 aliphatic carbocycles. The van der Waals surface area contributed by atoms with Gasteiger partial charge in [0.1, 0.15) is 18.2 Å². The summed E-state index contributed by atoms with van der Waals surface area (Å²) >= 11 is 0. The monoisotopic (exact) mass is 259 g/mol. The van der Waals surface area contributed by atoms with Crippen molar-refractivity contribution >= 4 is 0 Å². The molecule has 3 heteroatoms. The van der Waals surface area contributed by atoms with E-state index in [-0.39, 0.29) is 12.4 Å². The van der Waals surface area contributed by atoms with Crippen LogP contribution in [0.5, 0.6) is 5.75 Å².